The lowest BCUT2D eigenvalue weighted by Crippen LogP contribution is -2.09. The molecule has 3 rings (SSSR count). The molecule has 0 fully saturated rings. The van der Waals surface area contributed by atoms with E-state index in [9.17, 15) is 4.79 Å². The Balaban J connectivity index is 2.10. The smallest absolute Gasteiger partial charge is 0.150 e. The minimum atomic E-state index is 0.640. The molecule has 0 atom stereocenters. The van der Waals surface area contributed by atoms with Gasteiger partial charge in [0.05, 0.1) is 0 Å². The number of anilines is 3. The van der Waals surface area contributed by atoms with Gasteiger partial charge < -0.3 is 4.90 Å². The third-order valence-corrected chi connectivity index (χ3v) is 3.96. The minimum absolute atomic E-state index is 0.640. The molecule has 0 aliphatic rings. The molecule has 0 saturated heterocycles. The van der Waals surface area contributed by atoms with E-state index in [0.717, 1.165) is 23.3 Å². The molecular formula is C19H13Cl2NO. The first-order valence-corrected chi connectivity index (χ1v) is 7.79. The van der Waals surface area contributed by atoms with Crippen LogP contribution in [0.2, 0.25) is 10.0 Å². The number of halogens is 2. The number of nitrogens with zero attached hydrogens (tertiary/aromatic N) is 1. The first-order valence-electron chi connectivity index (χ1n) is 7.04. The van der Waals surface area contributed by atoms with Crippen LogP contribution in [-0.2, 0) is 0 Å². The van der Waals surface area contributed by atoms with Crippen molar-refractivity contribution < 1.29 is 4.79 Å². The highest BCUT2D eigenvalue weighted by Gasteiger charge is 2.12. The summed E-state index contributed by atoms with van der Waals surface area (Å²) in [6.07, 6.45) is 0.832. The fourth-order valence-corrected chi connectivity index (χ4v) is 2.58. The van der Waals surface area contributed by atoms with Gasteiger partial charge in [-0.3, -0.25) is 4.79 Å². The van der Waals surface area contributed by atoms with Crippen molar-refractivity contribution in [2.75, 3.05) is 4.90 Å². The minimum Gasteiger partial charge on any atom is -0.311 e. The number of rotatable bonds is 4. The third kappa shape index (κ3) is 3.55. The molecule has 0 unspecified atom stereocenters. The van der Waals surface area contributed by atoms with Gasteiger partial charge in [0.15, 0.2) is 0 Å². The molecule has 0 saturated carbocycles. The van der Waals surface area contributed by atoms with E-state index >= 15 is 0 Å². The van der Waals surface area contributed by atoms with Crippen molar-refractivity contribution in [1.29, 1.82) is 0 Å². The summed E-state index contributed by atoms with van der Waals surface area (Å²) in [5.74, 6) is 0. The van der Waals surface area contributed by atoms with Gasteiger partial charge in [-0.15, -0.1) is 0 Å². The van der Waals surface area contributed by atoms with Crippen LogP contribution in [0.25, 0.3) is 0 Å². The maximum absolute atomic E-state index is 10.9. The lowest BCUT2D eigenvalue weighted by molar-refractivity contribution is 0.112. The summed E-state index contributed by atoms with van der Waals surface area (Å²) < 4.78 is 0. The molecule has 0 heterocycles. The van der Waals surface area contributed by atoms with E-state index in [1.54, 1.807) is 12.1 Å². The number of aldehydes is 1. The fraction of sp³-hybridized carbons (Fsp3) is 0. The van der Waals surface area contributed by atoms with Crippen molar-refractivity contribution in [1.82, 2.24) is 0 Å². The lowest BCUT2D eigenvalue weighted by Gasteiger charge is -2.25. The molecule has 0 aliphatic heterocycles. The van der Waals surface area contributed by atoms with Gasteiger partial charge >= 0.3 is 0 Å². The predicted molar refractivity (Wildman–Crippen MR) is 96.5 cm³/mol. The second-order valence-electron chi connectivity index (χ2n) is 5.00. The zero-order chi connectivity index (χ0) is 16.2. The highest BCUT2D eigenvalue weighted by Crippen LogP contribution is 2.35. The van der Waals surface area contributed by atoms with Gasteiger partial charge in [-0.2, -0.15) is 0 Å². The number of carbonyl (C=O) groups excluding carboxylic acids is 1. The standard InChI is InChI=1S/C19H13Cl2NO/c20-15-3-9-18(10-4-15)22(19-11-5-16(21)6-12-19)17-7-1-14(13-23)2-8-17/h1-13H. The van der Waals surface area contributed by atoms with E-state index in [-0.39, 0.29) is 0 Å². The summed E-state index contributed by atoms with van der Waals surface area (Å²) >= 11 is 12.0. The molecule has 0 amide bonds. The average Bonchev–Trinajstić information content (AvgIpc) is 2.59. The number of hydrogen-bond acceptors (Lipinski definition) is 2. The molecule has 114 valence electrons. The van der Waals surface area contributed by atoms with Gasteiger partial charge in [-0.05, 0) is 72.8 Å². The number of benzene rings is 3. The summed E-state index contributed by atoms with van der Waals surface area (Å²) in [5.41, 5.74) is 3.52. The maximum atomic E-state index is 10.9. The van der Waals surface area contributed by atoms with Crippen LogP contribution in [0, 0.1) is 0 Å². The second-order valence-corrected chi connectivity index (χ2v) is 5.87. The normalized spacial score (nSPS) is 10.3. The van der Waals surface area contributed by atoms with Crippen molar-refractivity contribution in [3.8, 4) is 0 Å². The molecule has 2 nitrogen and oxygen atoms in total. The van der Waals surface area contributed by atoms with Crippen LogP contribution in [0.3, 0.4) is 0 Å². The second kappa shape index (κ2) is 6.86. The van der Waals surface area contributed by atoms with E-state index in [0.29, 0.717) is 15.6 Å². The quantitative estimate of drug-likeness (QED) is 0.520. The summed E-state index contributed by atoms with van der Waals surface area (Å²) in [4.78, 5) is 12.9. The molecule has 23 heavy (non-hydrogen) atoms. The molecule has 4 heteroatoms. The highest BCUT2D eigenvalue weighted by atomic mass is 35.5. The Kier molecular flexibility index (Phi) is 4.65. The van der Waals surface area contributed by atoms with E-state index in [1.165, 1.54) is 0 Å². The summed E-state index contributed by atoms with van der Waals surface area (Å²) in [6.45, 7) is 0. The largest absolute Gasteiger partial charge is 0.311 e. The first kappa shape index (κ1) is 15.6. The molecule has 3 aromatic rings. The topological polar surface area (TPSA) is 20.3 Å². The Bertz CT molecular complexity index is 751. The Labute approximate surface area is 144 Å². The molecule has 0 aromatic heterocycles. The summed E-state index contributed by atoms with van der Waals surface area (Å²) in [5, 5.41) is 1.36. The fourth-order valence-electron chi connectivity index (χ4n) is 2.33. The van der Waals surface area contributed by atoms with Crippen LogP contribution in [0.15, 0.2) is 72.8 Å². The Morgan fingerprint density at radius 2 is 0.957 bits per heavy atom. The monoisotopic (exact) mass is 341 g/mol. The van der Waals surface area contributed by atoms with Crippen molar-refractivity contribution >= 4 is 46.6 Å². The Morgan fingerprint density at radius 3 is 1.30 bits per heavy atom. The molecule has 0 radical (unpaired) electrons. The van der Waals surface area contributed by atoms with Crippen molar-refractivity contribution in [2.24, 2.45) is 0 Å². The van der Waals surface area contributed by atoms with Gasteiger partial charge in [0.25, 0.3) is 0 Å². The van der Waals surface area contributed by atoms with Crippen LogP contribution >= 0.6 is 23.2 Å². The molecule has 0 bridgehead atoms. The Morgan fingerprint density at radius 1 is 0.609 bits per heavy atom. The zero-order valence-electron chi connectivity index (χ0n) is 12.1. The summed E-state index contributed by atoms with van der Waals surface area (Å²) in [6, 6.07) is 22.6. The molecular weight excluding hydrogens is 329 g/mol. The number of hydrogen-bond donors (Lipinski definition) is 0. The van der Waals surface area contributed by atoms with Crippen LogP contribution in [-0.4, -0.2) is 6.29 Å². The van der Waals surface area contributed by atoms with Crippen molar-refractivity contribution in [3.05, 3.63) is 88.4 Å². The van der Waals surface area contributed by atoms with Crippen molar-refractivity contribution in [3.63, 3.8) is 0 Å². The lowest BCUT2D eigenvalue weighted by atomic mass is 10.1. The van der Waals surface area contributed by atoms with E-state index in [2.05, 4.69) is 4.90 Å². The van der Waals surface area contributed by atoms with Crippen LogP contribution < -0.4 is 4.90 Å². The average molecular weight is 342 g/mol. The number of carbonyl (C=O) groups is 1. The van der Waals surface area contributed by atoms with Crippen LogP contribution in [0.5, 0.6) is 0 Å². The van der Waals surface area contributed by atoms with E-state index in [4.69, 9.17) is 23.2 Å². The van der Waals surface area contributed by atoms with Gasteiger partial charge in [0, 0.05) is 32.7 Å². The summed E-state index contributed by atoms with van der Waals surface area (Å²) in [7, 11) is 0. The van der Waals surface area contributed by atoms with Gasteiger partial charge in [0.1, 0.15) is 6.29 Å². The maximum Gasteiger partial charge on any atom is 0.150 e. The first-order chi connectivity index (χ1) is 11.2. The molecule has 0 spiro atoms. The van der Waals surface area contributed by atoms with Gasteiger partial charge in [-0.25, -0.2) is 0 Å². The molecule has 0 N–H and O–H groups in total. The van der Waals surface area contributed by atoms with Crippen LogP contribution in [0.4, 0.5) is 17.1 Å². The van der Waals surface area contributed by atoms with Gasteiger partial charge in [0.2, 0.25) is 0 Å². The molecule has 3 aromatic carbocycles. The predicted octanol–water partition coefficient (Wildman–Crippen LogP) is 6.28. The molecule has 0 aliphatic carbocycles. The van der Waals surface area contributed by atoms with E-state index < -0.39 is 0 Å². The van der Waals surface area contributed by atoms with Crippen molar-refractivity contribution in [2.45, 2.75) is 0 Å². The SMILES string of the molecule is O=Cc1ccc(N(c2ccc(Cl)cc2)c2ccc(Cl)cc2)cc1. The highest BCUT2D eigenvalue weighted by molar-refractivity contribution is 6.31. The Hall–Kier alpha value is -2.29. The van der Waals surface area contributed by atoms with Crippen LogP contribution in [0.1, 0.15) is 10.4 Å². The van der Waals surface area contributed by atoms with E-state index in [1.807, 2.05) is 60.7 Å². The third-order valence-electron chi connectivity index (χ3n) is 3.46. The van der Waals surface area contributed by atoms with Gasteiger partial charge in [-0.1, -0.05) is 23.2 Å². The zero-order valence-corrected chi connectivity index (χ0v) is 13.6.